The van der Waals surface area contributed by atoms with Gasteiger partial charge in [-0.1, -0.05) is 0 Å². The molecule has 0 aromatic rings. The molecule has 1 heterocycles. The maximum Gasteiger partial charge on any atom is 0.319 e. The zero-order valence-electron chi connectivity index (χ0n) is 12.4. The predicted octanol–water partition coefficient (Wildman–Crippen LogP) is 0.167. The van der Waals surface area contributed by atoms with Gasteiger partial charge >= 0.3 is 18.0 Å². The zero-order valence-corrected chi connectivity index (χ0v) is 12.4. The van der Waals surface area contributed by atoms with E-state index in [0.717, 1.165) is 0 Å². The highest BCUT2D eigenvalue weighted by atomic mass is 16.5. The van der Waals surface area contributed by atoms with Gasteiger partial charge < -0.3 is 24.4 Å². The second kappa shape index (κ2) is 8.46. The van der Waals surface area contributed by atoms with Crippen LogP contribution in [0.25, 0.3) is 0 Å². The van der Waals surface area contributed by atoms with Crippen LogP contribution in [0.5, 0.6) is 0 Å². The Morgan fingerprint density at radius 2 is 2.14 bits per heavy atom. The maximum atomic E-state index is 12.2. The molecule has 0 aromatic carbocycles. The Bertz CT molecular complexity index is 387. The number of morpholine rings is 1. The number of carboxylic acid groups (broad SMARTS) is 1. The smallest absolute Gasteiger partial charge is 0.319 e. The van der Waals surface area contributed by atoms with E-state index in [2.05, 4.69) is 4.74 Å². The van der Waals surface area contributed by atoms with E-state index in [4.69, 9.17) is 9.84 Å². The fraction of sp³-hybridized carbons (Fsp3) is 0.769. The van der Waals surface area contributed by atoms with Crippen molar-refractivity contribution < 1.29 is 29.0 Å². The summed E-state index contributed by atoms with van der Waals surface area (Å²) in [5.74, 6) is -1.25. The minimum Gasteiger partial charge on any atom is -0.481 e. The van der Waals surface area contributed by atoms with Gasteiger partial charge in [0, 0.05) is 33.1 Å². The highest BCUT2D eigenvalue weighted by Gasteiger charge is 2.27. The van der Waals surface area contributed by atoms with Crippen molar-refractivity contribution in [2.75, 3.05) is 40.4 Å². The Morgan fingerprint density at radius 3 is 2.76 bits per heavy atom. The van der Waals surface area contributed by atoms with Crippen molar-refractivity contribution in [2.24, 2.45) is 0 Å². The van der Waals surface area contributed by atoms with Gasteiger partial charge in [-0.05, 0) is 6.42 Å². The number of ether oxygens (including phenoxy) is 2. The quantitative estimate of drug-likeness (QED) is 0.702. The zero-order chi connectivity index (χ0) is 15.8. The van der Waals surface area contributed by atoms with Crippen molar-refractivity contribution in [1.82, 2.24) is 9.80 Å². The van der Waals surface area contributed by atoms with Crippen LogP contribution in [0.15, 0.2) is 0 Å². The minimum absolute atomic E-state index is 0.115. The molecule has 8 heteroatoms. The Morgan fingerprint density at radius 1 is 1.43 bits per heavy atom. The first-order valence-electron chi connectivity index (χ1n) is 6.84. The van der Waals surface area contributed by atoms with Crippen molar-refractivity contribution in [3.8, 4) is 0 Å². The van der Waals surface area contributed by atoms with Crippen LogP contribution >= 0.6 is 0 Å². The van der Waals surface area contributed by atoms with Gasteiger partial charge in [-0.25, -0.2) is 4.79 Å². The molecular formula is C13H22N2O6. The number of carbonyl (C=O) groups is 3. The van der Waals surface area contributed by atoms with Crippen LogP contribution in [0.1, 0.15) is 19.3 Å². The normalized spacial score (nSPS) is 18.2. The molecule has 21 heavy (non-hydrogen) atoms. The number of nitrogens with zero attached hydrogens (tertiary/aromatic N) is 2. The Kier molecular flexibility index (Phi) is 6.93. The lowest BCUT2D eigenvalue weighted by molar-refractivity contribution is -0.142. The van der Waals surface area contributed by atoms with Crippen molar-refractivity contribution in [1.29, 1.82) is 0 Å². The summed E-state index contributed by atoms with van der Waals surface area (Å²) in [6.45, 7) is 1.48. The monoisotopic (exact) mass is 302 g/mol. The molecule has 1 aliphatic heterocycles. The summed E-state index contributed by atoms with van der Waals surface area (Å²) in [7, 11) is 2.98. The average Bonchev–Trinajstić information content (AvgIpc) is 2.45. The van der Waals surface area contributed by atoms with Gasteiger partial charge in [0.2, 0.25) is 0 Å². The lowest BCUT2D eigenvalue weighted by atomic mass is 10.2. The standard InChI is InChI=1S/C13H22N2O6/c1-14(5-3-4-12(18)20-2)13(19)15-6-7-21-10(9-15)8-11(16)17/h10H,3-9H2,1-2H3,(H,16,17). The summed E-state index contributed by atoms with van der Waals surface area (Å²) >= 11 is 0. The van der Waals surface area contributed by atoms with Crippen LogP contribution in [0.3, 0.4) is 0 Å². The molecule has 1 atom stereocenters. The van der Waals surface area contributed by atoms with E-state index in [-0.39, 0.29) is 31.4 Å². The third-order valence-corrected chi connectivity index (χ3v) is 3.24. The molecule has 0 aromatic heterocycles. The SMILES string of the molecule is COC(=O)CCCN(C)C(=O)N1CCOC(CC(=O)O)C1. The number of rotatable bonds is 6. The van der Waals surface area contributed by atoms with E-state index in [0.29, 0.717) is 26.1 Å². The van der Waals surface area contributed by atoms with Gasteiger partial charge in [-0.15, -0.1) is 0 Å². The van der Waals surface area contributed by atoms with E-state index >= 15 is 0 Å². The summed E-state index contributed by atoms with van der Waals surface area (Å²) in [5.41, 5.74) is 0. The highest BCUT2D eigenvalue weighted by molar-refractivity contribution is 5.75. The summed E-state index contributed by atoms with van der Waals surface area (Å²) in [6.07, 6.45) is 0.204. The molecule has 2 amide bonds. The molecule has 8 nitrogen and oxygen atoms in total. The molecule has 1 aliphatic rings. The van der Waals surface area contributed by atoms with Gasteiger partial charge in [-0.3, -0.25) is 9.59 Å². The molecule has 1 rings (SSSR count). The number of amides is 2. The predicted molar refractivity (Wildman–Crippen MR) is 72.8 cm³/mol. The van der Waals surface area contributed by atoms with E-state index in [1.54, 1.807) is 11.9 Å². The molecule has 120 valence electrons. The first-order valence-corrected chi connectivity index (χ1v) is 6.84. The molecule has 0 aliphatic carbocycles. The number of hydrogen-bond donors (Lipinski definition) is 1. The van der Waals surface area contributed by atoms with E-state index < -0.39 is 12.1 Å². The van der Waals surface area contributed by atoms with Crippen LogP contribution in [0.4, 0.5) is 4.79 Å². The lowest BCUT2D eigenvalue weighted by Gasteiger charge is -2.34. The summed E-state index contributed by atoms with van der Waals surface area (Å²) in [4.78, 5) is 37.0. The summed E-state index contributed by atoms with van der Waals surface area (Å²) in [5, 5.41) is 8.75. The fourth-order valence-corrected chi connectivity index (χ4v) is 2.11. The van der Waals surface area contributed by atoms with Crippen LogP contribution in [0, 0.1) is 0 Å². The molecule has 1 N–H and O–H groups in total. The number of methoxy groups -OCH3 is 1. The van der Waals surface area contributed by atoms with E-state index in [1.807, 2.05) is 0 Å². The van der Waals surface area contributed by atoms with Gasteiger partial charge in [0.05, 0.1) is 26.2 Å². The van der Waals surface area contributed by atoms with Crippen LogP contribution in [-0.2, 0) is 19.1 Å². The molecular weight excluding hydrogens is 280 g/mol. The third kappa shape index (κ3) is 5.99. The topological polar surface area (TPSA) is 96.4 Å². The molecule has 0 radical (unpaired) electrons. The molecule has 0 spiro atoms. The van der Waals surface area contributed by atoms with Gasteiger partial charge in [0.1, 0.15) is 0 Å². The number of esters is 1. The minimum atomic E-state index is -0.944. The number of urea groups is 1. The second-order valence-corrected chi connectivity index (χ2v) is 4.92. The maximum absolute atomic E-state index is 12.2. The number of carboxylic acids is 1. The fourth-order valence-electron chi connectivity index (χ4n) is 2.11. The number of carbonyl (C=O) groups excluding carboxylic acids is 2. The molecule has 1 fully saturated rings. The van der Waals surface area contributed by atoms with Crippen molar-refractivity contribution >= 4 is 18.0 Å². The number of aliphatic carboxylic acids is 1. The Balaban J connectivity index is 2.38. The van der Waals surface area contributed by atoms with Crippen LogP contribution in [-0.4, -0.2) is 79.4 Å². The van der Waals surface area contributed by atoms with E-state index in [1.165, 1.54) is 12.0 Å². The highest BCUT2D eigenvalue weighted by Crippen LogP contribution is 2.11. The third-order valence-electron chi connectivity index (χ3n) is 3.24. The molecule has 1 saturated heterocycles. The van der Waals surface area contributed by atoms with Crippen LogP contribution < -0.4 is 0 Å². The van der Waals surface area contributed by atoms with Gasteiger partial charge in [0.15, 0.2) is 0 Å². The van der Waals surface area contributed by atoms with Crippen molar-refractivity contribution in [2.45, 2.75) is 25.4 Å². The molecule has 0 bridgehead atoms. The summed E-state index contributed by atoms with van der Waals surface area (Å²) in [6, 6.07) is -0.182. The van der Waals surface area contributed by atoms with Crippen molar-refractivity contribution in [3.05, 3.63) is 0 Å². The molecule has 1 unspecified atom stereocenters. The number of hydrogen-bond acceptors (Lipinski definition) is 5. The first-order chi connectivity index (χ1) is 9.93. The average molecular weight is 302 g/mol. The lowest BCUT2D eigenvalue weighted by Crippen LogP contribution is -2.50. The van der Waals surface area contributed by atoms with E-state index in [9.17, 15) is 14.4 Å². The Hall–Kier alpha value is -1.83. The van der Waals surface area contributed by atoms with Crippen LogP contribution in [0.2, 0.25) is 0 Å². The van der Waals surface area contributed by atoms with Gasteiger partial charge in [0.25, 0.3) is 0 Å². The largest absolute Gasteiger partial charge is 0.481 e. The first kappa shape index (κ1) is 17.2. The Labute approximate surface area is 123 Å². The van der Waals surface area contributed by atoms with Crippen molar-refractivity contribution in [3.63, 3.8) is 0 Å². The van der Waals surface area contributed by atoms with Gasteiger partial charge in [-0.2, -0.15) is 0 Å². The second-order valence-electron chi connectivity index (χ2n) is 4.92. The summed E-state index contributed by atoms with van der Waals surface area (Å²) < 4.78 is 9.86. The molecule has 0 saturated carbocycles.